The Balaban J connectivity index is 1.48. The molecule has 0 atom stereocenters. The highest BCUT2D eigenvalue weighted by atomic mass is 35.5. The first-order valence-electron chi connectivity index (χ1n) is 13.4. The second-order valence-electron chi connectivity index (χ2n) is 10.1. The molecule has 1 nitrogen and oxygen atoms in total. The van der Waals surface area contributed by atoms with Crippen LogP contribution in [-0.2, 0) is 5.41 Å². The van der Waals surface area contributed by atoms with Crippen LogP contribution in [0.5, 0.6) is 0 Å². The fourth-order valence-corrected chi connectivity index (χ4v) is 6.62. The van der Waals surface area contributed by atoms with Crippen molar-refractivity contribution in [3.05, 3.63) is 178 Å². The van der Waals surface area contributed by atoms with Gasteiger partial charge in [0.25, 0.3) is 0 Å². The number of nitrogens with zero attached hydrogens (tertiary/aromatic N) is 1. The molecule has 0 spiro atoms. The molecule has 0 saturated heterocycles. The Bertz CT molecular complexity index is 1840. The van der Waals surface area contributed by atoms with Crippen LogP contribution >= 0.6 is 11.6 Å². The first kappa shape index (κ1) is 24.2. The predicted molar refractivity (Wildman–Crippen MR) is 164 cm³/mol. The van der Waals surface area contributed by atoms with Crippen molar-refractivity contribution >= 4 is 11.6 Å². The summed E-state index contributed by atoms with van der Waals surface area (Å²) in [6.07, 6.45) is 0. The first-order valence-corrected chi connectivity index (χ1v) is 13.7. The SMILES string of the molecule is N#Cc1ccc(-c2ccc(-c3cccc4c3-c3c(Cl)cccc3C4(c3ccccc3)c3ccccc3)cc2)cc1. The molecule has 6 aromatic rings. The minimum atomic E-state index is -0.490. The van der Waals surface area contributed by atoms with E-state index in [1.54, 1.807) is 0 Å². The summed E-state index contributed by atoms with van der Waals surface area (Å²) in [5.74, 6) is 0. The zero-order chi connectivity index (χ0) is 27.1. The van der Waals surface area contributed by atoms with E-state index in [4.69, 9.17) is 16.9 Å². The van der Waals surface area contributed by atoms with Crippen LogP contribution < -0.4 is 0 Å². The molecule has 6 aromatic carbocycles. The molecule has 7 rings (SSSR count). The second kappa shape index (κ2) is 9.69. The molecule has 1 aliphatic carbocycles. The van der Waals surface area contributed by atoms with E-state index in [0.29, 0.717) is 5.56 Å². The average Bonchev–Trinajstić information content (AvgIpc) is 3.34. The fraction of sp³-hybridized carbons (Fsp3) is 0.0263. The summed E-state index contributed by atoms with van der Waals surface area (Å²) in [4.78, 5) is 0. The van der Waals surface area contributed by atoms with Gasteiger partial charge in [-0.3, -0.25) is 0 Å². The molecule has 0 unspecified atom stereocenters. The van der Waals surface area contributed by atoms with Gasteiger partial charge in [-0.05, 0) is 68.3 Å². The van der Waals surface area contributed by atoms with Gasteiger partial charge in [0.15, 0.2) is 0 Å². The number of hydrogen-bond acceptors (Lipinski definition) is 1. The highest BCUT2D eigenvalue weighted by molar-refractivity contribution is 6.34. The zero-order valence-electron chi connectivity index (χ0n) is 21.7. The van der Waals surface area contributed by atoms with E-state index >= 15 is 0 Å². The van der Waals surface area contributed by atoms with E-state index in [9.17, 15) is 0 Å². The van der Waals surface area contributed by atoms with Crippen molar-refractivity contribution in [2.24, 2.45) is 0 Å². The van der Waals surface area contributed by atoms with E-state index in [0.717, 1.165) is 32.8 Å². The van der Waals surface area contributed by atoms with Crippen molar-refractivity contribution in [3.8, 4) is 39.4 Å². The van der Waals surface area contributed by atoms with Gasteiger partial charge in [0.05, 0.1) is 17.0 Å². The highest BCUT2D eigenvalue weighted by Crippen LogP contribution is 2.59. The van der Waals surface area contributed by atoms with Crippen LogP contribution in [0.4, 0.5) is 0 Å². The van der Waals surface area contributed by atoms with Gasteiger partial charge in [-0.1, -0.05) is 139 Å². The molecule has 0 amide bonds. The zero-order valence-corrected chi connectivity index (χ0v) is 22.4. The first-order chi connectivity index (χ1) is 19.7. The maximum Gasteiger partial charge on any atom is 0.0991 e. The van der Waals surface area contributed by atoms with Crippen molar-refractivity contribution in [3.63, 3.8) is 0 Å². The molecular formula is C38H24ClN. The molecule has 0 bridgehead atoms. The van der Waals surface area contributed by atoms with Crippen molar-refractivity contribution in [2.75, 3.05) is 0 Å². The van der Waals surface area contributed by atoms with Crippen LogP contribution in [0.2, 0.25) is 5.02 Å². The summed E-state index contributed by atoms with van der Waals surface area (Å²) in [6, 6.07) is 53.1. The van der Waals surface area contributed by atoms with Gasteiger partial charge in [-0.2, -0.15) is 5.26 Å². The molecular weight excluding hydrogens is 506 g/mol. The Morgan fingerprint density at radius 3 is 1.55 bits per heavy atom. The Hall–Kier alpha value is -4.90. The third-order valence-electron chi connectivity index (χ3n) is 8.09. The number of fused-ring (bicyclic) bond motifs is 3. The van der Waals surface area contributed by atoms with Crippen molar-refractivity contribution in [2.45, 2.75) is 5.41 Å². The van der Waals surface area contributed by atoms with Crippen molar-refractivity contribution in [1.29, 1.82) is 5.26 Å². The monoisotopic (exact) mass is 529 g/mol. The predicted octanol–water partition coefficient (Wildman–Crippen LogP) is 9.91. The molecule has 0 radical (unpaired) electrons. The van der Waals surface area contributed by atoms with Gasteiger partial charge in [0, 0.05) is 10.6 Å². The number of halogens is 1. The highest BCUT2D eigenvalue weighted by Gasteiger charge is 2.47. The Labute approximate surface area is 239 Å². The molecule has 40 heavy (non-hydrogen) atoms. The lowest BCUT2D eigenvalue weighted by Gasteiger charge is -2.34. The van der Waals surface area contributed by atoms with Gasteiger partial charge < -0.3 is 0 Å². The standard InChI is InChI=1S/C38H24ClN/c39-35-16-8-15-34-37(35)36-32(29-23-21-28(22-24-29)27-19-17-26(25-40)18-20-27)13-7-14-33(36)38(34,30-9-3-1-4-10-30)31-11-5-2-6-12-31/h1-24H. The smallest absolute Gasteiger partial charge is 0.0991 e. The van der Waals surface area contributed by atoms with E-state index in [1.165, 1.54) is 27.8 Å². The molecule has 0 fully saturated rings. The lowest BCUT2D eigenvalue weighted by atomic mass is 9.67. The van der Waals surface area contributed by atoms with Crippen molar-refractivity contribution in [1.82, 2.24) is 0 Å². The molecule has 0 heterocycles. The van der Waals surface area contributed by atoms with Crippen LogP contribution in [-0.4, -0.2) is 0 Å². The summed E-state index contributed by atoms with van der Waals surface area (Å²) in [7, 11) is 0. The molecule has 2 heteroatoms. The van der Waals surface area contributed by atoms with Crippen LogP contribution in [0, 0.1) is 11.3 Å². The third kappa shape index (κ3) is 3.62. The Morgan fingerprint density at radius 1 is 0.475 bits per heavy atom. The summed E-state index contributed by atoms with van der Waals surface area (Å²) < 4.78 is 0. The molecule has 1 aliphatic rings. The number of nitriles is 1. The topological polar surface area (TPSA) is 23.8 Å². The summed E-state index contributed by atoms with van der Waals surface area (Å²) in [6.45, 7) is 0. The van der Waals surface area contributed by atoms with Gasteiger partial charge in [-0.15, -0.1) is 0 Å². The Morgan fingerprint density at radius 2 is 0.975 bits per heavy atom. The van der Waals surface area contributed by atoms with Crippen LogP contribution in [0.3, 0.4) is 0 Å². The lowest BCUT2D eigenvalue weighted by Crippen LogP contribution is -2.28. The summed E-state index contributed by atoms with van der Waals surface area (Å²) in [5, 5.41) is 9.91. The minimum absolute atomic E-state index is 0.490. The van der Waals surface area contributed by atoms with Crippen LogP contribution in [0.25, 0.3) is 33.4 Å². The summed E-state index contributed by atoms with van der Waals surface area (Å²) in [5.41, 5.74) is 11.8. The average molecular weight is 530 g/mol. The lowest BCUT2D eigenvalue weighted by molar-refractivity contribution is 0.768. The van der Waals surface area contributed by atoms with Crippen LogP contribution in [0.15, 0.2) is 146 Å². The quantitative estimate of drug-likeness (QED) is 0.222. The molecule has 0 aromatic heterocycles. The van der Waals surface area contributed by atoms with E-state index in [-0.39, 0.29) is 0 Å². The van der Waals surface area contributed by atoms with E-state index in [1.807, 2.05) is 30.3 Å². The maximum atomic E-state index is 9.15. The number of hydrogen-bond donors (Lipinski definition) is 0. The summed E-state index contributed by atoms with van der Waals surface area (Å²) >= 11 is 7.07. The van der Waals surface area contributed by atoms with E-state index in [2.05, 4.69) is 121 Å². The van der Waals surface area contributed by atoms with Gasteiger partial charge in [0.2, 0.25) is 0 Å². The largest absolute Gasteiger partial charge is 0.192 e. The molecule has 0 N–H and O–H groups in total. The fourth-order valence-electron chi connectivity index (χ4n) is 6.35. The normalized spacial score (nSPS) is 12.8. The number of rotatable bonds is 4. The Kier molecular flexibility index (Phi) is 5.85. The van der Waals surface area contributed by atoms with Gasteiger partial charge in [0.1, 0.15) is 0 Å². The molecule has 0 saturated carbocycles. The molecule has 188 valence electrons. The number of benzene rings is 6. The third-order valence-corrected chi connectivity index (χ3v) is 8.41. The minimum Gasteiger partial charge on any atom is -0.192 e. The maximum absolute atomic E-state index is 9.15. The van der Waals surface area contributed by atoms with Gasteiger partial charge >= 0.3 is 0 Å². The van der Waals surface area contributed by atoms with Gasteiger partial charge in [-0.25, -0.2) is 0 Å². The van der Waals surface area contributed by atoms with E-state index < -0.39 is 5.41 Å². The molecule has 0 aliphatic heterocycles. The van der Waals surface area contributed by atoms with Crippen molar-refractivity contribution < 1.29 is 0 Å². The second-order valence-corrected chi connectivity index (χ2v) is 10.5. The van der Waals surface area contributed by atoms with Crippen LogP contribution in [0.1, 0.15) is 27.8 Å².